The van der Waals surface area contributed by atoms with Gasteiger partial charge in [0.05, 0.1) is 70.9 Å². The zero-order valence-corrected chi connectivity index (χ0v) is 41.8. The zero-order chi connectivity index (χ0) is 50.1. The van der Waals surface area contributed by atoms with E-state index in [-0.39, 0.29) is 11.8 Å². The summed E-state index contributed by atoms with van der Waals surface area (Å²) in [7, 11) is -0.897. The summed E-state index contributed by atoms with van der Waals surface area (Å²) in [4.78, 5) is 35.4. The van der Waals surface area contributed by atoms with Crippen molar-refractivity contribution in [3.63, 3.8) is 0 Å². The summed E-state index contributed by atoms with van der Waals surface area (Å²) in [5, 5.41) is 5.77. The van der Waals surface area contributed by atoms with E-state index in [1.165, 1.54) is 12.2 Å². The van der Waals surface area contributed by atoms with Crippen LogP contribution >= 0.6 is 0 Å². The molecule has 2 atom stereocenters. The molecule has 14 heteroatoms. The van der Waals surface area contributed by atoms with E-state index < -0.39 is 21.6 Å². The van der Waals surface area contributed by atoms with Gasteiger partial charge in [-0.25, -0.2) is 9.97 Å². The predicted octanol–water partition coefficient (Wildman–Crippen LogP) is 11.6. The van der Waals surface area contributed by atoms with E-state index in [0.717, 1.165) is 88.6 Å². The Bertz CT molecular complexity index is 3180. The van der Waals surface area contributed by atoms with Crippen molar-refractivity contribution in [2.24, 2.45) is 0 Å². The summed E-state index contributed by atoms with van der Waals surface area (Å²) in [6.07, 6.45) is 16.3. The van der Waals surface area contributed by atoms with Crippen LogP contribution in [0.2, 0.25) is 0 Å². The predicted molar refractivity (Wildman–Crippen MR) is 288 cm³/mol. The molecule has 12 nitrogen and oxygen atoms in total. The molecule has 0 saturated carbocycles. The van der Waals surface area contributed by atoms with Crippen molar-refractivity contribution in [3.05, 3.63) is 205 Å². The average molecular weight is 997 g/mol. The minimum Gasteiger partial charge on any atom is -0.497 e. The van der Waals surface area contributed by atoms with Crippen LogP contribution < -0.4 is 20.1 Å². The van der Waals surface area contributed by atoms with Gasteiger partial charge in [0.25, 0.3) is 0 Å². The van der Waals surface area contributed by atoms with E-state index in [2.05, 4.69) is 27.5 Å². The number of hydrogen-bond acceptors (Lipinski definition) is 8. The summed E-state index contributed by atoms with van der Waals surface area (Å²) < 4.78 is 41.8. The van der Waals surface area contributed by atoms with Gasteiger partial charge in [-0.1, -0.05) is 67.6 Å². The molecule has 0 saturated heterocycles. The first-order valence-corrected chi connectivity index (χ1v) is 26.3. The van der Waals surface area contributed by atoms with Crippen molar-refractivity contribution in [1.82, 2.24) is 19.1 Å². The molecule has 0 spiro atoms. The van der Waals surface area contributed by atoms with Gasteiger partial charge in [0.2, 0.25) is 11.8 Å². The van der Waals surface area contributed by atoms with Gasteiger partial charge in [0.1, 0.15) is 11.5 Å². The maximum absolute atomic E-state index is 13.4. The number of amides is 2. The Morgan fingerprint density at radius 3 is 1.51 bits per heavy atom. The molecule has 2 amide bonds. The standard InChI is InChI=1S/C58H56N6O6S2/c1-3-32-63-41-59-37-51(63)39-71(67)55-26-18-49(19-27-55)61-58(66)31-13-44-9-7-11-48(36-44)46-16-24-54(25-17-46)70-34-5-4-33-64-42-60-38-52(64)40-72(68)56-28-20-50(21-29-56)62-57(65)30-12-43-8-6-10-47(35-43)45-14-22-53(69-2)23-15-45/h6-31,35-38,41-42H,3-5,32-34,39-40H2,1-2H3,(H,61,66)(H,62,65)/b30-12+,31-13+/t71-,72+/m0/s1. The smallest absolute Gasteiger partial charge is 0.248 e. The summed E-state index contributed by atoms with van der Waals surface area (Å²) in [5.41, 5.74) is 8.95. The Balaban J connectivity index is 0.736. The molecular weight excluding hydrogens is 941 g/mol. The number of rotatable bonds is 23. The van der Waals surface area contributed by atoms with E-state index in [1.807, 2.05) is 106 Å². The molecule has 2 heterocycles. The summed E-state index contributed by atoms with van der Waals surface area (Å²) in [5.74, 6) is 1.74. The Morgan fingerprint density at radius 2 is 1.04 bits per heavy atom. The van der Waals surface area contributed by atoms with Crippen molar-refractivity contribution in [2.45, 2.75) is 60.6 Å². The topological polar surface area (TPSA) is 146 Å². The van der Waals surface area contributed by atoms with Gasteiger partial charge in [0.15, 0.2) is 0 Å². The first-order valence-electron chi connectivity index (χ1n) is 23.7. The van der Waals surface area contributed by atoms with E-state index in [4.69, 9.17) is 9.47 Å². The van der Waals surface area contributed by atoms with E-state index in [0.29, 0.717) is 39.3 Å². The van der Waals surface area contributed by atoms with Crippen LogP contribution in [0.1, 0.15) is 48.7 Å². The van der Waals surface area contributed by atoms with Crippen molar-refractivity contribution in [2.75, 3.05) is 24.4 Å². The Labute approximate surface area is 425 Å². The van der Waals surface area contributed by atoms with Crippen LogP contribution in [-0.2, 0) is 55.8 Å². The molecule has 2 aromatic heterocycles. The molecule has 72 heavy (non-hydrogen) atoms. The van der Waals surface area contributed by atoms with Gasteiger partial charge in [-0.15, -0.1) is 0 Å². The molecule has 0 aliphatic carbocycles. The first-order chi connectivity index (χ1) is 35.2. The quantitative estimate of drug-likeness (QED) is 0.0476. The number of carbonyl (C=O) groups is 2. The molecule has 2 N–H and O–H groups in total. The fraction of sp³-hybridized carbons (Fsp3) is 0.172. The normalized spacial score (nSPS) is 12.2. The number of carbonyl (C=O) groups excluding carboxylic acids is 2. The van der Waals surface area contributed by atoms with Crippen LogP contribution in [0, 0.1) is 0 Å². The number of aromatic nitrogens is 4. The van der Waals surface area contributed by atoms with Crippen LogP contribution in [0.4, 0.5) is 11.4 Å². The SMILES string of the molecule is CCCn1cncc1C[S@](=O)c1ccc(NC(=O)/C=C/c2cccc(-c3ccc(OCCCCn4cncc4C[S@@](=O)c4ccc(NC(=O)/C=C/c5cccc(-c6ccc(OC)cc6)c5)cc4)cc3)c2)cc1. The monoisotopic (exact) mass is 996 g/mol. The highest BCUT2D eigenvalue weighted by Gasteiger charge is 2.12. The van der Waals surface area contributed by atoms with Crippen molar-refractivity contribution in [1.29, 1.82) is 0 Å². The minimum absolute atomic E-state index is 0.264. The number of ether oxygens (including phenoxy) is 2. The first kappa shape index (κ1) is 50.4. The lowest BCUT2D eigenvalue weighted by atomic mass is 10.0. The number of methoxy groups -OCH3 is 1. The van der Waals surface area contributed by atoms with Crippen molar-refractivity contribution >= 4 is 56.9 Å². The lowest BCUT2D eigenvalue weighted by molar-refractivity contribution is -0.112. The maximum atomic E-state index is 13.4. The molecule has 366 valence electrons. The molecule has 0 fully saturated rings. The van der Waals surface area contributed by atoms with E-state index in [1.54, 1.807) is 92.8 Å². The van der Waals surface area contributed by atoms with Crippen molar-refractivity contribution in [3.8, 4) is 33.8 Å². The number of hydrogen-bond donors (Lipinski definition) is 2. The molecule has 8 aromatic rings. The Morgan fingerprint density at radius 1 is 0.569 bits per heavy atom. The van der Waals surface area contributed by atoms with Crippen LogP contribution in [-0.4, -0.2) is 53.1 Å². The second kappa shape index (κ2) is 25.3. The summed E-state index contributed by atoms with van der Waals surface area (Å²) in [6.45, 7) is 4.20. The molecule has 0 bridgehead atoms. The third-order valence-electron chi connectivity index (χ3n) is 11.7. The van der Waals surface area contributed by atoms with E-state index >= 15 is 0 Å². The second-order valence-electron chi connectivity index (χ2n) is 16.9. The molecule has 8 rings (SSSR count). The van der Waals surface area contributed by atoms with E-state index in [9.17, 15) is 18.0 Å². The number of imidazole rings is 2. The molecule has 0 aliphatic rings. The third-order valence-corrected chi connectivity index (χ3v) is 14.4. The van der Waals surface area contributed by atoms with Crippen LogP contribution in [0.5, 0.6) is 11.5 Å². The zero-order valence-electron chi connectivity index (χ0n) is 40.2. The average Bonchev–Trinajstić information content (AvgIpc) is 4.06. The molecular formula is C58H56N6O6S2. The van der Waals surface area contributed by atoms with Gasteiger partial charge in [-0.2, -0.15) is 0 Å². The van der Waals surface area contributed by atoms with Crippen molar-refractivity contribution < 1.29 is 27.5 Å². The lowest BCUT2D eigenvalue weighted by Crippen LogP contribution is -2.08. The number of unbranched alkanes of at least 4 members (excludes halogenated alkanes) is 1. The molecule has 0 unspecified atom stereocenters. The minimum atomic E-state index is -1.31. The van der Waals surface area contributed by atoms with Gasteiger partial charge in [0, 0.05) is 58.8 Å². The Hall–Kier alpha value is -7.94. The summed E-state index contributed by atoms with van der Waals surface area (Å²) >= 11 is 0. The van der Waals surface area contributed by atoms with Gasteiger partial charge < -0.3 is 29.2 Å². The highest BCUT2D eigenvalue weighted by atomic mass is 32.2. The largest absolute Gasteiger partial charge is 0.497 e. The van der Waals surface area contributed by atoms with Gasteiger partial charge in [-0.05, 0) is 150 Å². The number of aryl methyl sites for hydroxylation is 2. The Kier molecular flexibility index (Phi) is 17.7. The fourth-order valence-corrected chi connectivity index (χ4v) is 10.1. The molecule has 6 aromatic carbocycles. The van der Waals surface area contributed by atoms with Crippen LogP contribution in [0.15, 0.2) is 193 Å². The number of nitrogens with zero attached hydrogens (tertiary/aromatic N) is 4. The number of anilines is 2. The fourth-order valence-electron chi connectivity index (χ4n) is 7.85. The second-order valence-corrected chi connectivity index (χ2v) is 19.8. The van der Waals surface area contributed by atoms with Gasteiger partial charge >= 0.3 is 0 Å². The highest BCUT2D eigenvalue weighted by molar-refractivity contribution is 7.84. The maximum Gasteiger partial charge on any atom is 0.248 e. The van der Waals surface area contributed by atoms with Gasteiger partial charge in [-0.3, -0.25) is 18.0 Å². The van der Waals surface area contributed by atoms with Crippen LogP contribution in [0.25, 0.3) is 34.4 Å². The summed E-state index contributed by atoms with van der Waals surface area (Å²) in [6, 6.07) is 45.9. The number of nitrogens with one attached hydrogen (secondary N) is 2. The molecule has 0 radical (unpaired) electrons. The lowest BCUT2D eigenvalue weighted by Gasteiger charge is -2.10. The van der Waals surface area contributed by atoms with Crippen LogP contribution in [0.3, 0.4) is 0 Å². The highest BCUT2D eigenvalue weighted by Crippen LogP contribution is 2.26. The molecule has 0 aliphatic heterocycles. The number of benzene rings is 6. The third kappa shape index (κ3) is 14.3.